The van der Waals surface area contributed by atoms with Gasteiger partial charge in [-0.3, -0.25) is 9.98 Å². The second-order valence-electron chi connectivity index (χ2n) is 7.37. The molecule has 0 spiro atoms. The number of hydrogen-bond acceptors (Lipinski definition) is 2. The van der Waals surface area contributed by atoms with Crippen molar-refractivity contribution in [2.45, 2.75) is 73.6 Å². The molecule has 2 nitrogen and oxygen atoms in total. The van der Waals surface area contributed by atoms with E-state index in [0.29, 0.717) is 0 Å². The summed E-state index contributed by atoms with van der Waals surface area (Å²) in [4.78, 5) is 9.90. The first-order valence-electron chi connectivity index (χ1n) is 10.3. The zero-order chi connectivity index (χ0) is 19.8. The van der Waals surface area contributed by atoms with Gasteiger partial charge >= 0.3 is 0 Å². The van der Waals surface area contributed by atoms with Crippen LogP contribution in [0.4, 0.5) is 11.4 Å². The Balaban J connectivity index is 0.00000392. The summed E-state index contributed by atoms with van der Waals surface area (Å²) in [6, 6.07) is 13.1. The van der Waals surface area contributed by atoms with Crippen molar-refractivity contribution >= 4 is 22.8 Å². The number of benzene rings is 2. The van der Waals surface area contributed by atoms with Crippen LogP contribution in [0.25, 0.3) is 0 Å². The first kappa shape index (κ1) is 24.3. The molecule has 0 radical (unpaired) electrons. The predicted octanol–water partition coefficient (Wildman–Crippen LogP) is 7.48. The van der Waals surface area contributed by atoms with Crippen LogP contribution in [-0.2, 0) is 29.3 Å². The van der Waals surface area contributed by atoms with Gasteiger partial charge in [0, 0.05) is 16.5 Å². The van der Waals surface area contributed by atoms with Crippen LogP contribution in [0.2, 0.25) is 0 Å². The van der Waals surface area contributed by atoms with Crippen LogP contribution in [0, 0.1) is 13.8 Å². The fourth-order valence-electron chi connectivity index (χ4n) is 3.45. The predicted molar refractivity (Wildman–Crippen MR) is 121 cm³/mol. The van der Waals surface area contributed by atoms with Gasteiger partial charge in [-0.25, -0.2) is 0 Å². The first-order chi connectivity index (χ1) is 13.0. The number of hydrogen-bond donors (Lipinski definition) is 0. The Morgan fingerprint density at radius 3 is 2.00 bits per heavy atom. The molecule has 0 amide bonds. The smallest absolute Gasteiger partial charge is 0.0639 e. The van der Waals surface area contributed by atoms with E-state index in [-0.39, 0.29) is 16.5 Å². The largest absolute Gasteiger partial charge is 0.252 e. The summed E-state index contributed by atoms with van der Waals surface area (Å²) in [7, 11) is 0. The molecular weight excluding hydrogens is 387 g/mol. The maximum absolute atomic E-state index is 4.98. The van der Waals surface area contributed by atoms with Gasteiger partial charge in [0.15, 0.2) is 0 Å². The average molecular weight is 421 g/mol. The molecule has 28 heavy (non-hydrogen) atoms. The minimum atomic E-state index is 0. The Bertz CT molecular complexity index is 814. The molecule has 0 saturated heterocycles. The van der Waals surface area contributed by atoms with Crippen molar-refractivity contribution in [3.63, 3.8) is 0 Å². The number of aliphatic imine (C=N–C) groups is 2. The third-order valence-corrected chi connectivity index (χ3v) is 4.90. The van der Waals surface area contributed by atoms with E-state index < -0.39 is 0 Å². The molecule has 0 unspecified atom stereocenters. The van der Waals surface area contributed by atoms with Gasteiger partial charge in [0.1, 0.15) is 0 Å². The molecule has 0 bridgehead atoms. The summed E-state index contributed by atoms with van der Waals surface area (Å²) in [5, 5.41) is 0. The quantitative estimate of drug-likeness (QED) is 0.312. The monoisotopic (exact) mass is 420 g/mol. The Morgan fingerprint density at radius 2 is 1.43 bits per heavy atom. The molecule has 0 aromatic heterocycles. The van der Waals surface area contributed by atoms with E-state index in [0.717, 1.165) is 54.9 Å². The van der Waals surface area contributed by atoms with Crippen molar-refractivity contribution in [1.29, 1.82) is 0 Å². The van der Waals surface area contributed by atoms with Gasteiger partial charge in [0.25, 0.3) is 0 Å². The van der Waals surface area contributed by atoms with Crippen molar-refractivity contribution in [3.05, 3.63) is 58.7 Å². The first-order valence-corrected chi connectivity index (χ1v) is 10.3. The van der Waals surface area contributed by atoms with E-state index in [2.05, 4.69) is 77.9 Å². The molecule has 0 aliphatic carbocycles. The molecule has 0 saturated carbocycles. The third-order valence-electron chi connectivity index (χ3n) is 4.90. The summed E-state index contributed by atoms with van der Waals surface area (Å²) < 4.78 is 0. The summed E-state index contributed by atoms with van der Waals surface area (Å²) in [5.41, 5.74) is 9.50. The molecule has 0 fully saturated rings. The average Bonchev–Trinajstić information content (AvgIpc) is 2.64. The van der Waals surface area contributed by atoms with Crippen LogP contribution in [-0.4, -0.2) is 11.4 Å². The minimum absolute atomic E-state index is 0. The number of rotatable bonds is 8. The molecule has 0 aliphatic rings. The van der Waals surface area contributed by atoms with Crippen LogP contribution in [0.5, 0.6) is 0 Å². The summed E-state index contributed by atoms with van der Waals surface area (Å²) in [6.07, 6.45) is 5.37. The Labute approximate surface area is 181 Å². The third kappa shape index (κ3) is 7.02. The molecule has 2 rings (SSSR count). The van der Waals surface area contributed by atoms with E-state index in [4.69, 9.17) is 9.98 Å². The van der Waals surface area contributed by atoms with Crippen LogP contribution in [0.3, 0.4) is 0 Å². The number of unbranched alkanes of at least 4 members (excludes halogenated alkanes) is 1. The van der Waals surface area contributed by atoms with Gasteiger partial charge in [-0.05, 0) is 93.0 Å². The second-order valence-corrected chi connectivity index (χ2v) is 7.37. The molecule has 0 heterocycles. The normalized spacial score (nSPS) is 12.1. The van der Waals surface area contributed by atoms with Crippen molar-refractivity contribution in [2.75, 3.05) is 0 Å². The van der Waals surface area contributed by atoms with Gasteiger partial charge in [-0.2, -0.15) is 0 Å². The summed E-state index contributed by atoms with van der Waals surface area (Å²) in [6.45, 7) is 13.0. The van der Waals surface area contributed by atoms with E-state index in [1.54, 1.807) is 0 Å². The van der Waals surface area contributed by atoms with Crippen LogP contribution >= 0.6 is 0 Å². The van der Waals surface area contributed by atoms with E-state index in [1.165, 1.54) is 22.3 Å². The molecule has 2 aromatic rings. The summed E-state index contributed by atoms with van der Waals surface area (Å²) in [5.74, 6) is 0. The van der Waals surface area contributed by atoms with Crippen molar-refractivity contribution in [3.8, 4) is 0 Å². The van der Waals surface area contributed by atoms with Gasteiger partial charge < -0.3 is 0 Å². The van der Waals surface area contributed by atoms with Crippen LogP contribution in [0.15, 0.2) is 46.4 Å². The van der Waals surface area contributed by atoms with E-state index >= 15 is 0 Å². The fourth-order valence-corrected chi connectivity index (χ4v) is 3.45. The number of aryl methyl sites for hydroxylation is 4. The van der Waals surface area contributed by atoms with Crippen molar-refractivity contribution in [2.24, 2.45) is 9.98 Å². The number of nitrogens with zero attached hydrogens (tertiary/aromatic N) is 2. The summed E-state index contributed by atoms with van der Waals surface area (Å²) >= 11 is 0. The maximum Gasteiger partial charge on any atom is 0.0639 e. The molecule has 0 atom stereocenters. The topological polar surface area (TPSA) is 24.7 Å². The van der Waals surface area contributed by atoms with Gasteiger partial charge in [0.05, 0.1) is 22.8 Å². The molecule has 3 heteroatoms. The van der Waals surface area contributed by atoms with Crippen LogP contribution in [0.1, 0.15) is 69.2 Å². The van der Waals surface area contributed by atoms with Crippen LogP contribution < -0.4 is 0 Å². The molecule has 2 aromatic carbocycles. The van der Waals surface area contributed by atoms with Gasteiger partial charge in [-0.15, -0.1) is 0 Å². The molecular formula is C25H34N2Ni. The SMILES string of the molecule is CCCCC(=Nc1cc(C)cc(C)c1)C(C)=Nc1ccc(CC)c(CC)c1.[Ni]. The zero-order valence-corrected chi connectivity index (χ0v) is 19.2. The Kier molecular flexibility index (Phi) is 10.4. The molecule has 0 N–H and O–H groups in total. The molecule has 0 aliphatic heterocycles. The fraction of sp³-hybridized carbons (Fsp3) is 0.440. The van der Waals surface area contributed by atoms with Crippen molar-refractivity contribution < 1.29 is 16.5 Å². The Hall–Kier alpha value is -1.73. The zero-order valence-electron chi connectivity index (χ0n) is 18.2. The van der Waals surface area contributed by atoms with E-state index in [1.807, 2.05) is 0 Å². The maximum atomic E-state index is 4.98. The van der Waals surface area contributed by atoms with Crippen molar-refractivity contribution in [1.82, 2.24) is 0 Å². The van der Waals surface area contributed by atoms with Gasteiger partial charge in [0.2, 0.25) is 0 Å². The molecule has 154 valence electrons. The van der Waals surface area contributed by atoms with E-state index in [9.17, 15) is 0 Å². The van der Waals surface area contributed by atoms with Gasteiger partial charge in [-0.1, -0.05) is 39.3 Å². The standard InChI is InChI=1S/C25H34N2.Ni/c1-7-10-11-25(27-24-15-18(4)14-19(5)16-24)20(6)26-23-13-12-21(8-2)22(9-3)17-23;/h12-17H,7-11H2,1-6H3;. The second kappa shape index (κ2) is 12.0. The minimum Gasteiger partial charge on any atom is -0.252 e. The Morgan fingerprint density at radius 1 is 0.786 bits per heavy atom.